The normalized spacial score (nSPS) is 13.7. The van der Waals surface area contributed by atoms with Crippen LogP contribution in [0.25, 0.3) is 0 Å². The van der Waals surface area contributed by atoms with E-state index in [9.17, 15) is 13.5 Å². The molecular formula is C40H78O6SSi2. The van der Waals surface area contributed by atoms with Crippen molar-refractivity contribution in [2.24, 2.45) is 0 Å². The van der Waals surface area contributed by atoms with Crippen LogP contribution in [0.4, 0.5) is 0 Å². The number of hydrogen-bond donors (Lipinski definition) is 1. The van der Waals surface area contributed by atoms with Crippen LogP contribution in [-0.4, -0.2) is 55.6 Å². The number of rotatable bonds is 27. The van der Waals surface area contributed by atoms with Gasteiger partial charge in [0.25, 0.3) is 10.1 Å². The molecule has 0 unspecified atom stereocenters. The van der Waals surface area contributed by atoms with Gasteiger partial charge in [-0.25, -0.2) is 0 Å². The predicted octanol–water partition coefficient (Wildman–Crippen LogP) is 12.1. The zero-order chi connectivity index (χ0) is 37.2. The zero-order valence-corrected chi connectivity index (χ0v) is 36.7. The molecule has 0 spiro atoms. The summed E-state index contributed by atoms with van der Waals surface area (Å²) in [5.41, 5.74) is 0.320. The topological polar surface area (TPSA) is 82.1 Å². The highest BCUT2D eigenvalue weighted by Crippen LogP contribution is 2.37. The summed E-state index contributed by atoms with van der Waals surface area (Å²) in [6.45, 7) is 26.8. The van der Waals surface area contributed by atoms with Gasteiger partial charge in [0.15, 0.2) is 16.6 Å². The van der Waals surface area contributed by atoms with E-state index in [-0.39, 0.29) is 21.6 Å². The Hall–Kier alpha value is -0.556. The summed E-state index contributed by atoms with van der Waals surface area (Å²) in [5.74, 6) is 0. The van der Waals surface area contributed by atoms with Crippen LogP contribution in [0.3, 0.4) is 0 Å². The van der Waals surface area contributed by atoms with Crippen molar-refractivity contribution < 1.29 is 26.6 Å². The Morgan fingerprint density at radius 1 is 0.551 bits per heavy atom. The summed E-state index contributed by atoms with van der Waals surface area (Å²) in [7, 11) is -7.07. The van der Waals surface area contributed by atoms with E-state index in [1.807, 2.05) is 6.92 Å². The van der Waals surface area contributed by atoms with E-state index in [1.165, 1.54) is 38.5 Å². The van der Waals surface area contributed by atoms with Crippen LogP contribution < -0.4 is 0 Å². The Morgan fingerprint density at radius 3 is 1.27 bits per heavy atom. The molecule has 1 N–H and O–H groups in total. The maximum Gasteiger partial charge on any atom is 0.296 e. The summed E-state index contributed by atoms with van der Waals surface area (Å²) in [5, 5.41) is 12.2. The molecule has 0 aliphatic heterocycles. The molecule has 0 fully saturated rings. The summed E-state index contributed by atoms with van der Waals surface area (Å²) in [6, 6.07) is 6.75. The van der Waals surface area contributed by atoms with Gasteiger partial charge in [0, 0.05) is 13.2 Å². The first-order valence-electron chi connectivity index (χ1n) is 19.6. The molecule has 0 amide bonds. The van der Waals surface area contributed by atoms with Crippen LogP contribution in [0.15, 0.2) is 29.2 Å². The highest BCUT2D eigenvalue weighted by molar-refractivity contribution is 7.86. The molecule has 0 saturated heterocycles. The van der Waals surface area contributed by atoms with Gasteiger partial charge in [-0.2, -0.15) is 8.42 Å². The zero-order valence-electron chi connectivity index (χ0n) is 33.8. The second kappa shape index (κ2) is 21.8. The van der Waals surface area contributed by atoms with E-state index in [0.29, 0.717) is 12.8 Å². The molecule has 0 saturated carbocycles. The van der Waals surface area contributed by atoms with Gasteiger partial charge in [0.05, 0.1) is 17.1 Å². The lowest BCUT2D eigenvalue weighted by Gasteiger charge is -2.36. The lowest BCUT2D eigenvalue weighted by molar-refractivity contribution is 0.00656. The van der Waals surface area contributed by atoms with Crippen molar-refractivity contribution in [3.8, 4) is 0 Å². The molecule has 0 aromatic heterocycles. The van der Waals surface area contributed by atoms with Crippen molar-refractivity contribution in [2.45, 2.75) is 204 Å². The molecule has 6 nitrogen and oxygen atoms in total. The highest BCUT2D eigenvalue weighted by Gasteiger charge is 2.37. The van der Waals surface area contributed by atoms with Crippen LogP contribution in [0.1, 0.15) is 156 Å². The summed E-state index contributed by atoms with van der Waals surface area (Å²) >= 11 is 0. The fourth-order valence-electron chi connectivity index (χ4n) is 5.49. The fraction of sp³-hybridized carbons (Fsp3) is 0.850. The Balaban J connectivity index is 2.45. The third kappa shape index (κ3) is 19.2. The van der Waals surface area contributed by atoms with Crippen LogP contribution in [-0.2, 0) is 23.2 Å². The molecule has 0 aliphatic carbocycles. The Morgan fingerprint density at radius 2 is 0.878 bits per heavy atom. The van der Waals surface area contributed by atoms with Crippen molar-refractivity contribution in [3.05, 3.63) is 29.8 Å². The van der Waals surface area contributed by atoms with E-state index >= 15 is 0 Å². The van der Waals surface area contributed by atoms with E-state index in [0.717, 1.165) is 76.6 Å². The summed E-state index contributed by atoms with van der Waals surface area (Å²) in [4.78, 5) is 0.195. The first-order valence-corrected chi connectivity index (χ1v) is 26.8. The third-order valence-corrected chi connectivity index (χ3v) is 21.6. The maximum atomic E-state index is 12.6. The van der Waals surface area contributed by atoms with E-state index in [4.69, 9.17) is 13.0 Å². The van der Waals surface area contributed by atoms with Crippen LogP contribution in [0.5, 0.6) is 0 Å². The lowest BCUT2D eigenvalue weighted by Crippen LogP contribution is -2.40. The fourth-order valence-corrected chi connectivity index (χ4v) is 8.60. The molecular weight excluding hydrogens is 665 g/mol. The minimum atomic E-state index is -3.75. The molecule has 0 atom stereocenters. The predicted molar refractivity (Wildman–Crippen MR) is 214 cm³/mol. The van der Waals surface area contributed by atoms with Crippen LogP contribution >= 0.6 is 0 Å². The molecule has 0 aliphatic rings. The second-order valence-corrected chi connectivity index (χ2v) is 29.0. The lowest BCUT2D eigenvalue weighted by atomic mass is 9.85. The number of aliphatic hydroxyl groups is 1. The Bertz CT molecular complexity index is 1080. The Labute approximate surface area is 306 Å². The van der Waals surface area contributed by atoms with Crippen LogP contribution in [0.2, 0.25) is 36.3 Å². The van der Waals surface area contributed by atoms with Crippen molar-refractivity contribution in [3.63, 3.8) is 0 Å². The molecule has 288 valence electrons. The van der Waals surface area contributed by atoms with E-state index in [2.05, 4.69) is 67.7 Å². The number of unbranched alkanes of at least 4 members (excludes halogenated alkanes) is 11. The number of benzene rings is 1. The van der Waals surface area contributed by atoms with Crippen LogP contribution in [0, 0.1) is 6.92 Å². The van der Waals surface area contributed by atoms with Crippen molar-refractivity contribution in [1.82, 2.24) is 0 Å². The van der Waals surface area contributed by atoms with Gasteiger partial charge in [-0.15, -0.1) is 0 Å². The van der Waals surface area contributed by atoms with E-state index in [1.54, 1.807) is 24.3 Å². The summed E-state index contributed by atoms with van der Waals surface area (Å²) < 4.78 is 43.1. The second-order valence-electron chi connectivity index (χ2n) is 17.7. The first kappa shape index (κ1) is 46.5. The van der Waals surface area contributed by atoms with Crippen molar-refractivity contribution in [1.29, 1.82) is 0 Å². The largest absolute Gasteiger partial charge is 0.417 e. The van der Waals surface area contributed by atoms with Gasteiger partial charge in [-0.3, -0.25) is 4.18 Å². The first-order chi connectivity index (χ1) is 22.6. The molecule has 0 heterocycles. The molecule has 0 bridgehead atoms. The minimum absolute atomic E-state index is 0.143. The molecule has 1 aromatic carbocycles. The smallest absolute Gasteiger partial charge is 0.296 e. The van der Waals surface area contributed by atoms with Crippen molar-refractivity contribution >= 4 is 26.8 Å². The van der Waals surface area contributed by atoms with Gasteiger partial charge in [0.2, 0.25) is 0 Å². The van der Waals surface area contributed by atoms with Crippen molar-refractivity contribution in [2.75, 3.05) is 19.8 Å². The summed E-state index contributed by atoms with van der Waals surface area (Å²) in [6.07, 6.45) is 17.5. The quantitative estimate of drug-likeness (QED) is 0.0549. The molecule has 9 heteroatoms. The van der Waals surface area contributed by atoms with Gasteiger partial charge in [0.1, 0.15) is 0 Å². The Kier molecular flexibility index (Phi) is 20.7. The van der Waals surface area contributed by atoms with Gasteiger partial charge >= 0.3 is 0 Å². The third-order valence-electron chi connectivity index (χ3n) is 11.2. The number of hydrogen-bond acceptors (Lipinski definition) is 6. The average molecular weight is 743 g/mol. The molecule has 0 radical (unpaired) electrons. The van der Waals surface area contributed by atoms with E-state index < -0.39 is 32.4 Å². The monoisotopic (exact) mass is 743 g/mol. The van der Waals surface area contributed by atoms with Gasteiger partial charge < -0.3 is 14.0 Å². The van der Waals surface area contributed by atoms with Gasteiger partial charge in [-0.05, 0) is 100 Å². The molecule has 1 aromatic rings. The molecule has 1 rings (SSSR count). The minimum Gasteiger partial charge on any atom is -0.417 e. The maximum absolute atomic E-state index is 12.6. The SMILES string of the molecule is Cc1ccc(S(=O)(=O)OCCCCC(O)(CCCCCCCCO[Si](C)(C)C(C)(C)C)CCCCCCCCO[Si](C)(C)C(C)(C)C)cc1. The average Bonchev–Trinajstić information content (AvgIpc) is 2.98. The van der Waals surface area contributed by atoms with Gasteiger partial charge in [-0.1, -0.05) is 123 Å². The highest BCUT2D eigenvalue weighted by atomic mass is 32.2. The number of aryl methyl sites for hydroxylation is 1. The standard InChI is InChI=1S/C40H78O6SSi2/c1-36-26-28-37(29-27-36)47(42,43)44-33-25-22-32-40(41,30-20-16-12-14-18-23-34-45-48(8,9)38(2,3)4)31-21-17-13-15-19-24-35-46-49(10,11)39(5,6)7/h26-29,41H,12-25,30-35H2,1-11H3. The molecule has 49 heavy (non-hydrogen) atoms.